The number of unbranched alkanes of at least 4 members (excludes halogenated alkanes) is 3. The van der Waals surface area contributed by atoms with E-state index in [9.17, 15) is 14.4 Å². The maximum atomic E-state index is 12.8. The Kier molecular flexibility index (Phi) is 16.2. The van der Waals surface area contributed by atoms with Gasteiger partial charge in [-0.05, 0) is 18.6 Å². The fourth-order valence-corrected chi connectivity index (χ4v) is 3.58. The fourth-order valence-electron chi connectivity index (χ4n) is 3.58. The number of carbonyl (C=O) groups excluding carboxylic acids is 3. The summed E-state index contributed by atoms with van der Waals surface area (Å²) in [6.45, 7) is 1.01. The molecule has 0 saturated carbocycles. The fraction of sp³-hybridized carbons (Fsp3) is 0.391. The molecule has 3 heterocycles. The molecule has 0 aliphatic heterocycles. The predicted octanol–water partition coefficient (Wildman–Crippen LogP) is 5.07. The average molecular weight is 730 g/mol. The summed E-state index contributed by atoms with van der Waals surface area (Å²) in [6, 6.07) is 3.20. The second-order valence-corrected chi connectivity index (χ2v) is 8.14. The smallest absolute Gasteiger partial charge is 0.693 e. The molecular weight excluding hydrogens is 695 g/mol. The van der Waals surface area contributed by atoms with Crippen LogP contribution in [-0.4, -0.2) is 49.5 Å². The molecular formula is C23H35ClN10O3Pt-3. The van der Waals surface area contributed by atoms with Gasteiger partial charge in [-0.1, -0.05) is 19.3 Å². The standard InChI is InChI=1S/C23H31N8O3.ClH.2H2N.Pt/c1-29-11-10-25-20(29)23(34)28-17-13-19(31(3)15-17)22(33)27-16-12-18(30(2)14-16)21(32)26-9-7-5-4-6-8-24;;;;/h10-15,24H,4-9H2,1-3H3,(H,26,32)(H,27,33)(H,28,34);1H;2*1H2;/q-1;;2*-1;+1/p-1. The molecule has 8 N–H and O–H groups in total. The van der Waals surface area contributed by atoms with Gasteiger partial charge in [-0.3, -0.25) is 14.4 Å². The number of hydrogen-bond donors (Lipinski definition) is 3. The first-order valence-electron chi connectivity index (χ1n) is 11.3. The molecule has 13 nitrogen and oxygen atoms in total. The summed E-state index contributed by atoms with van der Waals surface area (Å²) in [4.78, 5) is 41.7. The van der Waals surface area contributed by atoms with Crippen molar-refractivity contribution in [2.75, 3.05) is 23.7 Å². The summed E-state index contributed by atoms with van der Waals surface area (Å²) >= 11 is 1.61. The Hall–Kier alpha value is -2.96. The van der Waals surface area contributed by atoms with Gasteiger partial charge in [0.2, 0.25) is 0 Å². The molecule has 0 fully saturated rings. The number of aryl methyl sites for hydroxylation is 3. The van der Waals surface area contributed by atoms with Crippen molar-refractivity contribution in [2.45, 2.75) is 25.7 Å². The number of rotatable bonds is 11. The van der Waals surface area contributed by atoms with E-state index >= 15 is 0 Å². The van der Waals surface area contributed by atoms with Crippen LogP contribution in [0.2, 0.25) is 0 Å². The maximum Gasteiger partial charge on any atom is -0.693 e. The van der Waals surface area contributed by atoms with Crippen molar-refractivity contribution in [1.29, 1.82) is 0 Å². The van der Waals surface area contributed by atoms with Gasteiger partial charge in [0, 0.05) is 52.5 Å². The molecule has 0 radical (unpaired) electrons. The van der Waals surface area contributed by atoms with Gasteiger partial charge in [0.05, 0.1) is 11.4 Å². The van der Waals surface area contributed by atoms with Gasteiger partial charge in [0.15, 0.2) is 5.82 Å². The van der Waals surface area contributed by atoms with E-state index in [1.54, 1.807) is 84.3 Å². The summed E-state index contributed by atoms with van der Waals surface area (Å²) < 4.78 is 4.88. The first-order valence-corrected chi connectivity index (χ1v) is 14.1. The quantitative estimate of drug-likeness (QED) is 0.231. The Bertz CT molecular complexity index is 1170. The molecule has 3 aromatic rings. The van der Waals surface area contributed by atoms with Gasteiger partial charge in [-0.15, -0.1) is 0 Å². The molecule has 0 unspecified atom stereocenters. The summed E-state index contributed by atoms with van der Waals surface area (Å²) in [7, 11) is 9.79. The van der Waals surface area contributed by atoms with E-state index < -0.39 is 0 Å². The Balaban J connectivity index is 0.00000334. The Morgan fingerprint density at radius 2 is 1.37 bits per heavy atom. The third-order valence-electron chi connectivity index (χ3n) is 5.40. The van der Waals surface area contributed by atoms with Crippen molar-refractivity contribution >= 4 is 38.5 Å². The zero-order valence-electron chi connectivity index (χ0n) is 21.6. The number of hydrogen-bond acceptors (Lipinski definition) is 4. The molecule has 215 valence electrons. The second-order valence-electron chi connectivity index (χ2n) is 8.14. The number of carbonyl (C=O) groups is 3. The largest absolute Gasteiger partial charge is 0.693 e. The van der Waals surface area contributed by atoms with Crippen LogP contribution in [0.15, 0.2) is 36.9 Å². The number of nitrogens with two attached hydrogens (primary N) is 2. The number of nitrogens with one attached hydrogen (secondary N) is 4. The molecule has 0 aliphatic carbocycles. The zero-order chi connectivity index (χ0) is 26.7. The number of nitrogens with zero attached hydrogens (tertiary/aromatic N) is 4. The van der Waals surface area contributed by atoms with Crippen LogP contribution in [0, 0.1) is 0 Å². The van der Waals surface area contributed by atoms with E-state index in [-0.39, 0.29) is 35.8 Å². The SMILES string of the molecule is Cn1cc(NC(=O)c2cc(NC(=O)c3nccn3C)cn2C)cc1C(=O)NCCCCCC[NH-].[Cl][Pt].[NH2-].[NH2-]. The molecule has 0 atom stereocenters. The summed E-state index contributed by atoms with van der Waals surface area (Å²) in [5, 5.41) is 8.43. The number of imidazole rings is 1. The summed E-state index contributed by atoms with van der Waals surface area (Å²) in [6.07, 6.45) is 10.3. The number of aromatic nitrogens is 4. The van der Waals surface area contributed by atoms with Crippen LogP contribution in [0.25, 0.3) is 18.0 Å². The third-order valence-corrected chi connectivity index (χ3v) is 5.40. The topological polar surface area (TPSA) is 206 Å². The molecule has 15 heteroatoms. The van der Waals surface area contributed by atoms with Crippen molar-refractivity contribution in [3.05, 3.63) is 72.2 Å². The van der Waals surface area contributed by atoms with E-state index in [0.717, 1.165) is 25.7 Å². The number of amides is 3. The Morgan fingerprint density at radius 3 is 1.89 bits per heavy atom. The van der Waals surface area contributed by atoms with Gasteiger partial charge in [-0.2, -0.15) is 6.54 Å². The molecule has 0 saturated heterocycles. The van der Waals surface area contributed by atoms with E-state index in [2.05, 4.69) is 30.4 Å². The molecule has 3 amide bonds. The first-order chi connectivity index (χ1) is 17.3. The van der Waals surface area contributed by atoms with E-state index in [0.29, 0.717) is 35.9 Å². The van der Waals surface area contributed by atoms with Crippen LogP contribution in [0.3, 0.4) is 0 Å². The molecule has 38 heavy (non-hydrogen) atoms. The Labute approximate surface area is 237 Å². The summed E-state index contributed by atoms with van der Waals surface area (Å²) in [5.74, 6) is -0.688. The van der Waals surface area contributed by atoms with Crippen molar-refractivity contribution in [3.63, 3.8) is 0 Å². The minimum atomic E-state index is -0.375. The van der Waals surface area contributed by atoms with Crippen LogP contribution in [0.1, 0.15) is 57.3 Å². The molecule has 3 rings (SSSR count). The van der Waals surface area contributed by atoms with Gasteiger partial charge < -0.3 is 47.7 Å². The Morgan fingerprint density at radius 1 is 0.842 bits per heavy atom. The van der Waals surface area contributed by atoms with E-state index in [1.165, 1.54) is 6.20 Å². The number of anilines is 2. The normalized spacial score (nSPS) is 9.87. The first kappa shape index (κ1) is 35.0. The monoisotopic (exact) mass is 729 g/mol. The van der Waals surface area contributed by atoms with Crippen molar-refractivity contribution < 1.29 is 33.2 Å². The van der Waals surface area contributed by atoms with Gasteiger partial charge in [-0.25, -0.2) is 4.98 Å². The zero-order valence-corrected chi connectivity index (χ0v) is 24.6. The van der Waals surface area contributed by atoms with Crippen LogP contribution < -0.4 is 16.0 Å². The van der Waals surface area contributed by atoms with Crippen LogP contribution in [0.5, 0.6) is 0 Å². The minimum Gasteiger partial charge on any atom is -0.693 e. The third kappa shape index (κ3) is 9.73. The second kappa shape index (κ2) is 17.5. The van der Waals surface area contributed by atoms with Crippen molar-refractivity contribution in [2.24, 2.45) is 21.1 Å². The van der Waals surface area contributed by atoms with Gasteiger partial charge >= 0.3 is 28.2 Å². The van der Waals surface area contributed by atoms with Gasteiger partial charge in [0.25, 0.3) is 17.7 Å². The van der Waals surface area contributed by atoms with Crippen molar-refractivity contribution in [3.8, 4) is 0 Å². The predicted molar refractivity (Wildman–Crippen MR) is 146 cm³/mol. The van der Waals surface area contributed by atoms with Crippen LogP contribution in [-0.2, 0) is 39.9 Å². The van der Waals surface area contributed by atoms with Crippen molar-refractivity contribution in [1.82, 2.24) is 24.0 Å². The van der Waals surface area contributed by atoms with Crippen LogP contribution >= 0.6 is 9.42 Å². The van der Waals surface area contributed by atoms with Crippen LogP contribution in [0.4, 0.5) is 11.4 Å². The molecule has 0 aliphatic rings. The molecule has 0 aromatic carbocycles. The maximum absolute atomic E-state index is 12.8. The van der Waals surface area contributed by atoms with Gasteiger partial charge in [0.1, 0.15) is 11.4 Å². The molecule has 0 bridgehead atoms. The summed E-state index contributed by atoms with van der Waals surface area (Å²) in [5.41, 5.74) is 8.89. The molecule has 0 spiro atoms. The van der Waals surface area contributed by atoms with E-state index in [4.69, 9.17) is 5.73 Å². The minimum absolute atomic E-state index is 0. The average Bonchev–Trinajstić information content (AvgIpc) is 3.55. The number of halogens is 1. The molecule has 3 aromatic heterocycles. The van der Waals surface area contributed by atoms with E-state index in [1.807, 2.05) is 0 Å².